The number of hydrogen-bond acceptors (Lipinski definition) is 3. The topological polar surface area (TPSA) is 37.5 Å². The van der Waals surface area contributed by atoms with Crippen molar-refractivity contribution >= 4 is 16.5 Å². The van der Waals surface area contributed by atoms with Gasteiger partial charge in [0.05, 0.1) is 14.2 Å². The van der Waals surface area contributed by atoms with Gasteiger partial charge in [-0.15, -0.1) is 0 Å². The van der Waals surface area contributed by atoms with Crippen molar-refractivity contribution in [2.24, 2.45) is 0 Å². The van der Waals surface area contributed by atoms with Crippen LogP contribution in [0, 0.1) is 0 Å². The van der Waals surface area contributed by atoms with Gasteiger partial charge >= 0.3 is 0 Å². The molecule has 1 aliphatic heterocycles. The van der Waals surface area contributed by atoms with Gasteiger partial charge in [-0.25, -0.2) is 0 Å². The first-order valence-corrected chi connectivity index (χ1v) is 9.48. The molecule has 1 aromatic heterocycles. The van der Waals surface area contributed by atoms with E-state index in [1.165, 1.54) is 22.1 Å². The molecule has 0 bridgehead atoms. The van der Waals surface area contributed by atoms with Crippen LogP contribution in [0.1, 0.15) is 17.5 Å². The molecule has 1 N–H and O–H groups in total. The van der Waals surface area contributed by atoms with Gasteiger partial charge in [0.25, 0.3) is 0 Å². The van der Waals surface area contributed by atoms with Crippen molar-refractivity contribution in [2.75, 3.05) is 33.9 Å². The van der Waals surface area contributed by atoms with Crippen LogP contribution in [0.5, 0.6) is 11.5 Å². The van der Waals surface area contributed by atoms with Gasteiger partial charge in [0.1, 0.15) is 0 Å². The summed E-state index contributed by atoms with van der Waals surface area (Å²) in [6.45, 7) is 3.08. The summed E-state index contributed by atoms with van der Waals surface area (Å²) in [6.07, 6.45) is 6.37. The molecule has 4 rings (SSSR count). The molecule has 0 radical (unpaired) electrons. The number of ether oxygens (including phenoxy) is 2. The average molecular weight is 362 g/mol. The highest BCUT2D eigenvalue weighted by atomic mass is 16.5. The van der Waals surface area contributed by atoms with Crippen LogP contribution in [0.15, 0.2) is 54.7 Å². The average Bonchev–Trinajstić information content (AvgIpc) is 3.20. The lowest BCUT2D eigenvalue weighted by Gasteiger charge is -2.27. The fraction of sp³-hybridized carbons (Fsp3) is 0.304. The van der Waals surface area contributed by atoms with Crippen molar-refractivity contribution in [1.82, 2.24) is 9.88 Å². The van der Waals surface area contributed by atoms with E-state index in [-0.39, 0.29) is 0 Å². The summed E-state index contributed by atoms with van der Waals surface area (Å²) >= 11 is 0. The molecular formula is C23H26N2O2. The van der Waals surface area contributed by atoms with Crippen LogP contribution in [0.4, 0.5) is 0 Å². The van der Waals surface area contributed by atoms with E-state index in [0.29, 0.717) is 0 Å². The summed E-state index contributed by atoms with van der Waals surface area (Å²) in [7, 11) is 3.41. The molecule has 4 heteroatoms. The van der Waals surface area contributed by atoms with Crippen molar-refractivity contribution in [3.63, 3.8) is 0 Å². The predicted octanol–water partition coefficient (Wildman–Crippen LogP) is 4.52. The Balaban J connectivity index is 1.50. The zero-order valence-corrected chi connectivity index (χ0v) is 16.0. The molecule has 2 aromatic carbocycles. The fourth-order valence-electron chi connectivity index (χ4n) is 3.95. The van der Waals surface area contributed by atoms with Crippen molar-refractivity contribution in [3.05, 3.63) is 65.9 Å². The number of rotatable bonds is 6. The lowest BCUT2D eigenvalue weighted by Crippen LogP contribution is -2.30. The van der Waals surface area contributed by atoms with Gasteiger partial charge in [-0.05, 0) is 30.0 Å². The first-order chi connectivity index (χ1) is 13.3. The van der Waals surface area contributed by atoms with Gasteiger partial charge in [0, 0.05) is 48.4 Å². The summed E-state index contributed by atoms with van der Waals surface area (Å²) in [4.78, 5) is 5.79. The Morgan fingerprint density at radius 3 is 2.63 bits per heavy atom. The molecule has 0 amide bonds. The Morgan fingerprint density at radius 2 is 1.93 bits per heavy atom. The zero-order valence-electron chi connectivity index (χ0n) is 16.0. The van der Waals surface area contributed by atoms with Crippen molar-refractivity contribution < 1.29 is 9.47 Å². The fourth-order valence-corrected chi connectivity index (χ4v) is 3.95. The van der Waals surface area contributed by atoms with Crippen molar-refractivity contribution in [2.45, 2.75) is 12.8 Å². The van der Waals surface area contributed by atoms with Crippen molar-refractivity contribution in [3.8, 4) is 11.5 Å². The van der Waals surface area contributed by atoms with E-state index < -0.39 is 0 Å². The standard InChI is InChI=1S/C23H26N2O2/c1-26-22-16-21-19(8-12-24-21)20(23(22)27-2)11-15-25-13-9-18(10-14-25)17-6-4-3-5-7-17/h3-9,12,16,24H,10-11,13-15H2,1-2H3. The number of fused-ring (bicyclic) bond motifs is 1. The van der Waals surface area contributed by atoms with E-state index in [1.807, 2.05) is 12.3 Å². The van der Waals surface area contributed by atoms with Crippen LogP contribution in [0.3, 0.4) is 0 Å². The molecule has 0 atom stereocenters. The van der Waals surface area contributed by atoms with E-state index in [2.05, 4.69) is 52.4 Å². The van der Waals surface area contributed by atoms with E-state index in [1.54, 1.807) is 14.2 Å². The second-order valence-electron chi connectivity index (χ2n) is 6.93. The molecule has 1 aliphatic rings. The minimum absolute atomic E-state index is 0.785. The maximum Gasteiger partial charge on any atom is 0.164 e. The molecule has 27 heavy (non-hydrogen) atoms. The summed E-state index contributed by atoms with van der Waals surface area (Å²) in [5.41, 5.74) is 5.11. The van der Waals surface area contributed by atoms with Gasteiger partial charge in [0.2, 0.25) is 0 Å². The normalized spacial score (nSPS) is 15.0. The zero-order chi connectivity index (χ0) is 18.6. The molecule has 0 saturated carbocycles. The Bertz CT molecular complexity index is 944. The number of benzene rings is 2. The number of aromatic amines is 1. The maximum absolute atomic E-state index is 5.69. The van der Waals surface area contributed by atoms with Gasteiger partial charge < -0.3 is 14.5 Å². The third kappa shape index (κ3) is 3.58. The third-order valence-corrected chi connectivity index (χ3v) is 5.42. The van der Waals surface area contributed by atoms with E-state index in [4.69, 9.17) is 9.47 Å². The molecule has 3 aromatic rings. The third-order valence-electron chi connectivity index (χ3n) is 5.42. The van der Waals surface area contributed by atoms with Crippen LogP contribution in [-0.4, -0.2) is 43.7 Å². The molecule has 0 fully saturated rings. The number of aromatic nitrogens is 1. The highest BCUT2D eigenvalue weighted by Gasteiger charge is 2.18. The van der Waals surface area contributed by atoms with Crippen molar-refractivity contribution in [1.29, 1.82) is 0 Å². The van der Waals surface area contributed by atoms with Crippen LogP contribution in [-0.2, 0) is 6.42 Å². The first kappa shape index (κ1) is 17.7. The highest BCUT2D eigenvalue weighted by molar-refractivity contribution is 5.87. The summed E-state index contributed by atoms with van der Waals surface area (Å²) in [5, 5.41) is 1.21. The number of hydrogen-bond donors (Lipinski definition) is 1. The van der Waals surface area contributed by atoms with Gasteiger partial charge in [0.15, 0.2) is 11.5 Å². The maximum atomic E-state index is 5.69. The molecule has 0 saturated heterocycles. The van der Waals surface area contributed by atoms with Crippen LogP contribution in [0.2, 0.25) is 0 Å². The molecule has 0 unspecified atom stereocenters. The minimum atomic E-state index is 0.785. The quantitative estimate of drug-likeness (QED) is 0.701. The number of nitrogens with zero attached hydrogens (tertiary/aromatic N) is 1. The SMILES string of the molecule is COc1cc2[nH]ccc2c(CCN2CC=C(c3ccccc3)CC2)c1OC. The van der Waals surface area contributed by atoms with Crippen LogP contribution < -0.4 is 9.47 Å². The van der Waals surface area contributed by atoms with E-state index in [9.17, 15) is 0 Å². The van der Waals surface area contributed by atoms with Crippen LogP contribution >= 0.6 is 0 Å². The Labute approximate surface area is 160 Å². The summed E-state index contributed by atoms with van der Waals surface area (Å²) < 4.78 is 11.2. The summed E-state index contributed by atoms with van der Waals surface area (Å²) in [5.74, 6) is 1.63. The monoisotopic (exact) mass is 362 g/mol. The molecule has 140 valence electrons. The minimum Gasteiger partial charge on any atom is -0.493 e. The Kier molecular flexibility index (Phi) is 5.16. The number of H-pyrrole nitrogens is 1. The molecular weight excluding hydrogens is 336 g/mol. The Morgan fingerprint density at radius 1 is 1.07 bits per heavy atom. The lowest BCUT2D eigenvalue weighted by atomic mass is 9.99. The molecule has 0 aliphatic carbocycles. The predicted molar refractivity (Wildman–Crippen MR) is 111 cm³/mol. The first-order valence-electron chi connectivity index (χ1n) is 9.48. The lowest BCUT2D eigenvalue weighted by molar-refractivity contribution is 0.302. The molecule has 2 heterocycles. The Hall–Kier alpha value is -2.72. The second kappa shape index (κ2) is 7.89. The van der Waals surface area contributed by atoms with E-state index in [0.717, 1.165) is 49.5 Å². The highest BCUT2D eigenvalue weighted by Crippen LogP contribution is 2.37. The second-order valence-corrected chi connectivity index (χ2v) is 6.93. The van der Waals surface area contributed by atoms with E-state index >= 15 is 0 Å². The largest absolute Gasteiger partial charge is 0.493 e. The summed E-state index contributed by atoms with van der Waals surface area (Å²) in [6, 6.07) is 14.8. The number of methoxy groups -OCH3 is 2. The smallest absolute Gasteiger partial charge is 0.164 e. The van der Waals surface area contributed by atoms with Gasteiger partial charge in [-0.1, -0.05) is 36.4 Å². The molecule has 4 nitrogen and oxygen atoms in total. The van der Waals surface area contributed by atoms with Gasteiger partial charge in [-0.2, -0.15) is 0 Å². The van der Waals surface area contributed by atoms with Gasteiger partial charge in [-0.3, -0.25) is 4.90 Å². The molecule has 0 spiro atoms. The van der Waals surface area contributed by atoms with Crippen LogP contribution in [0.25, 0.3) is 16.5 Å². The number of nitrogens with one attached hydrogen (secondary N) is 1.